The molecule has 0 spiro atoms. The lowest BCUT2D eigenvalue weighted by Gasteiger charge is -2.21. The number of hydrogen-bond donors (Lipinski definition) is 1. The number of nitrogens with one attached hydrogen (secondary N) is 1. The number of fused-ring (bicyclic) bond motifs is 1. The van der Waals surface area contributed by atoms with E-state index in [1.165, 1.54) is 11.1 Å². The summed E-state index contributed by atoms with van der Waals surface area (Å²) >= 11 is 0. The molecule has 1 aliphatic rings. The van der Waals surface area contributed by atoms with Gasteiger partial charge in [-0.1, -0.05) is 35.9 Å². The molecule has 0 unspecified atom stereocenters. The molecule has 0 aromatic heterocycles. The SMILES string of the molecule is Cc1ccc(N(C)C(=O)[C@@H]2Cc3ccccc3N2)cc1. The molecular weight excluding hydrogens is 248 g/mol. The van der Waals surface area contributed by atoms with Gasteiger partial charge >= 0.3 is 0 Å². The summed E-state index contributed by atoms with van der Waals surface area (Å²) in [4.78, 5) is 14.3. The van der Waals surface area contributed by atoms with Crippen LogP contribution < -0.4 is 10.2 Å². The van der Waals surface area contributed by atoms with Crippen molar-refractivity contribution in [1.29, 1.82) is 0 Å². The zero-order chi connectivity index (χ0) is 14.1. The number of likely N-dealkylation sites (N-methyl/N-ethyl adjacent to an activating group) is 1. The fraction of sp³-hybridized carbons (Fsp3) is 0.235. The molecule has 3 rings (SSSR count). The van der Waals surface area contributed by atoms with Gasteiger partial charge in [0.25, 0.3) is 0 Å². The smallest absolute Gasteiger partial charge is 0.249 e. The lowest BCUT2D eigenvalue weighted by molar-refractivity contribution is -0.118. The number of benzene rings is 2. The van der Waals surface area contributed by atoms with Gasteiger partial charge in [0.1, 0.15) is 6.04 Å². The highest BCUT2D eigenvalue weighted by atomic mass is 16.2. The van der Waals surface area contributed by atoms with Crippen LogP contribution in [0.4, 0.5) is 11.4 Å². The van der Waals surface area contributed by atoms with Gasteiger partial charge in [0, 0.05) is 24.8 Å². The number of para-hydroxylation sites is 1. The van der Waals surface area contributed by atoms with Crippen LogP contribution in [0.1, 0.15) is 11.1 Å². The third-order valence-corrected chi connectivity index (χ3v) is 3.82. The Bertz CT molecular complexity index is 609. The summed E-state index contributed by atoms with van der Waals surface area (Å²) in [6.45, 7) is 2.04. The molecule has 0 saturated carbocycles. The Hall–Kier alpha value is -2.29. The van der Waals surface area contributed by atoms with Crippen molar-refractivity contribution in [3.05, 3.63) is 59.7 Å². The van der Waals surface area contributed by atoms with Crippen molar-refractivity contribution in [2.75, 3.05) is 17.3 Å². The van der Waals surface area contributed by atoms with E-state index in [1.54, 1.807) is 4.90 Å². The van der Waals surface area contributed by atoms with E-state index in [0.717, 1.165) is 17.8 Å². The van der Waals surface area contributed by atoms with Gasteiger partial charge in [-0.15, -0.1) is 0 Å². The molecule has 3 nitrogen and oxygen atoms in total. The zero-order valence-electron chi connectivity index (χ0n) is 11.8. The highest BCUT2D eigenvalue weighted by molar-refractivity contribution is 5.99. The minimum Gasteiger partial charge on any atom is -0.373 e. The largest absolute Gasteiger partial charge is 0.373 e. The van der Waals surface area contributed by atoms with Gasteiger partial charge in [0.15, 0.2) is 0 Å². The highest BCUT2D eigenvalue weighted by Gasteiger charge is 2.28. The third-order valence-electron chi connectivity index (χ3n) is 3.82. The van der Waals surface area contributed by atoms with Crippen LogP contribution in [0.5, 0.6) is 0 Å². The van der Waals surface area contributed by atoms with Crippen molar-refractivity contribution < 1.29 is 4.79 Å². The first-order valence-corrected chi connectivity index (χ1v) is 6.84. The summed E-state index contributed by atoms with van der Waals surface area (Å²) in [7, 11) is 1.83. The summed E-state index contributed by atoms with van der Waals surface area (Å²) in [6.07, 6.45) is 0.755. The normalized spacial score (nSPS) is 16.4. The van der Waals surface area contributed by atoms with Gasteiger partial charge in [-0.2, -0.15) is 0 Å². The predicted octanol–water partition coefficient (Wildman–Crippen LogP) is 2.99. The maximum Gasteiger partial charge on any atom is 0.249 e. The summed E-state index contributed by atoms with van der Waals surface area (Å²) in [5.41, 5.74) is 4.41. The van der Waals surface area contributed by atoms with Gasteiger partial charge in [-0.3, -0.25) is 4.79 Å². The lowest BCUT2D eigenvalue weighted by atomic mass is 10.1. The number of rotatable bonds is 2. The Kier molecular flexibility index (Phi) is 3.18. The number of hydrogen-bond acceptors (Lipinski definition) is 2. The average Bonchev–Trinajstić information content (AvgIpc) is 2.90. The van der Waals surface area contributed by atoms with Crippen LogP contribution in [0.15, 0.2) is 48.5 Å². The van der Waals surface area contributed by atoms with E-state index in [4.69, 9.17) is 0 Å². The van der Waals surface area contributed by atoms with Crippen molar-refractivity contribution >= 4 is 17.3 Å². The average molecular weight is 266 g/mol. The summed E-state index contributed by atoms with van der Waals surface area (Å²) in [5, 5.41) is 3.31. The fourth-order valence-corrected chi connectivity index (χ4v) is 2.58. The molecule has 0 bridgehead atoms. The number of carbonyl (C=O) groups is 1. The minimum absolute atomic E-state index is 0.102. The molecule has 0 aliphatic carbocycles. The monoisotopic (exact) mass is 266 g/mol. The van der Waals surface area contributed by atoms with E-state index in [9.17, 15) is 4.79 Å². The van der Waals surface area contributed by atoms with Crippen LogP contribution in [0, 0.1) is 6.92 Å². The van der Waals surface area contributed by atoms with Crippen molar-refractivity contribution in [3.8, 4) is 0 Å². The van der Waals surface area contributed by atoms with Gasteiger partial charge in [-0.05, 0) is 30.7 Å². The third kappa shape index (κ3) is 2.27. The van der Waals surface area contributed by atoms with Crippen LogP contribution in [0.3, 0.4) is 0 Å². The minimum atomic E-state index is -0.168. The molecule has 1 N–H and O–H groups in total. The second-order valence-corrected chi connectivity index (χ2v) is 5.29. The van der Waals surface area contributed by atoms with E-state index in [0.29, 0.717) is 0 Å². The standard InChI is InChI=1S/C17H18N2O/c1-12-7-9-14(10-8-12)19(2)17(20)16-11-13-5-3-4-6-15(13)18-16/h3-10,16,18H,11H2,1-2H3/t16-/m0/s1. The quantitative estimate of drug-likeness (QED) is 0.906. The van der Waals surface area contributed by atoms with Crippen molar-refractivity contribution in [2.24, 2.45) is 0 Å². The van der Waals surface area contributed by atoms with E-state index >= 15 is 0 Å². The van der Waals surface area contributed by atoms with Crippen LogP contribution in [-0.4, -0.2) is 19.0 Å². The molecule has 3 heteroatoms. The second kappa shape index (κ2) is 5.00. The molecule has 0 radical (unpaired) electrons. The Balaban J connectivity index is 1.76. The molecule has 1 heterocycles. The zero-order valence-corrected chi connectivity index (χ0v) is 11.8. The molecule has 2 aromatic rings. The number of amides is 1. The molecule has 1 amide bonds. The molecule has 2 aromatic carbocycles. The fourth-order valence-electron chi connectivity index (χ4n) is 2.58. The van der Waals surface area contributed by atoms with Gasteiger partial charge in [0.2, 0.25) is 5.91 Å². The van der Waals surface area contributed by atoms with Gasteiger partial charge < -0.3 is 10.2 Å². The van der Waals surface area contributed by atoms with Crippen molar-refractivity contribution in [2.45, 2.75) is 19.4 Å². The number of anilines is 2. The van der Waals surface area contributed by atoms with Crippen molar-refractivity contribution in [3.63, 3.8) is 0 Å². The summed E-state index contributed by atoms with van der Waals surface area (Å²) < 4.78 is 0. The van der Waals surface area contributed by atoms with E-state index in [1.807, 2.05) is 56.4 Å². The van der Waals surface area contributed by atoms with Gasteiger partial charge in [0.05, 0.1) is 0 Å². The second-order valence-electron chi connectivity index (χ2n) is 5.29. The first-order chi connectivity index (χ1) is 9.65. The van der Waals surface area contributed by atoms with Crippen LogP contribution in [0.2, 0.25) is 0 Å². The molecule has 0 fully saturated rings. The van der Waals surface area contributed by atoms with Gasteiger partial charge in [-0.25, -0.2) is 0 Å². The summed E-state index contributed by atoms with van der Waals surface area (Å²) in [5.74, 6) is 0.102. The predicted molar refractivity (Wildman–Crippen MR) is 82.1 cm³/mol. The lowest BCUT2D eigenvalue weighted by Crippen LogP contribution is -2.39. The highest BCUT2D eigenvalue weighted by Crippen LogP contribution is 2.27. The van der Waals surface area contributed by atoms with E-state index < -0.39 is 0 Å². The molecule has 102 valence electrons. The molecule has 1 aliphatic heterocycles. The first-order valence-electron chi connectivity index (χ1n) is 6.84. The number of nitrogens with zero attached hydrogens (tertiary/aromatic N) is 1. The van der Waals surface area contributed by atoms with Crippen molar-refractivity contribution in [1.82, 2.24) is 0 Å². The van der Waals surface area contributed by atoms with Crippen LogP contribution in [0.25, 0.3) is 0 Å². The maximum absolute atomic E-state index is 12.6. The molecular formula is C17H18N2O. The molecule has 20 heavy (non-hydrogen) atoms. The maximum atomic E-state index is 12.6. The van der Waals surface area contributed by atoms with Crippen LogP contribution in [-0.2, 0) is 11.2 Å². The van der Waals surface area contributed by atoms with E-state index in [2.05, 4.69) is 11.4 Å². The molecule has 0 saturated heterocycles. The van der Waals surface area contributed by atoms with Crippen LogP contribution >= 0.6 is 0 Å². The number of carbonyl (C=O) groups excluding carboxylic acids is 1. The first kappa shape index (κ1) is 12.7. The summed E-state index contributed by atoms with van der Waals surface area (Å²) in [6, 6.07) is 15.9. The van der Waals surface area contributed by atoms with E-state index in [-0.39, 0.29) is 11.9 Å². The molecule has 1 atom stereocenters. The number of aryl methyl sites for hydroxylation is 1. The Morgan fingerprint density at radius 1 is 1.15 bits per heavy atom. The Morgan fingerprint density at radius 2 is 1.85 bits per heavy atom. The Morgan fingerprint density at radius 3 is 2.55 bits per heavy atom. The Labute approximate surface area is 119 Å². The topological polar surface area (TPSA) is 32.3 Å².